The first-order valence-corrected chi connectivity index (χ1v) is 7.28. The number of benzene rings is 1. The van der Waals surface area contributed by atoms with Gasteiger partial charge in [-0.3, -0.25) is 9.59 Å². The minimum absolute atomic E-state index is 0.208. The summed E-state index contributed by atoms with van der Waals surface area (Å²) in [7, 11) is 0. The molecule has 112 valence electrons. The van der Waals surface area contributed by atoms with E-state index in [9.17, 15) is 14.7 Å². The van der Waals surface area contributed by atoms with Crippen molar-refractivity contribution in [3.63, 3.8) is 0 Å². The van der Waals surface area contributed by atoms with Gasteiger partial charge in [0.05, 0.1) is 11.8 Å². The molecule has 0 saturated carbocycles. The molecule has 0 heterocycles. The van der Waals surface area contributed by atoms with Crippen molar-refractivity contribution >= 4 is 17.6 Å². The topological polar surface area (TPSA) is 66.4 Å². The summed E-state index contributed by atoms with van der Waals surface area (Å²) in [6.45, 7) is 4.13. The van der Waals surface area contributed by atoms with E-state index in [1.165, 1.54) is 0 Å². The molecule has 0 radical (unpaired) electrons. The second kappa shape index (κ2) is 6.57. The van der Waals surface area contributed by atoms with Crippen LogP contribution in [0.5, 0.6) is 0 Å². The van der Waals surface area contributed by atoms with Crippen molar-refractivity contribution in [2.45, 2.75) is 32.6 Å². The molecule has 21 heavy (non-hydrogen) atoms. The summed E-state index contributed by atoms with van der Waals surface area (Å²) in [6.07, 6.45) is 4.62. The summed E-state index contributed by atoms with van der Waals surface area (Å²) < 4.78 is 0. The Kier molecular flexibility index (Phi) is 4.78. The molecular formula is C17H21NO3. The summed E-state index contributed by atoms with van der Waals surface area (Å²) in [5, 5.41) is 12.2. The first kappa shape index (κ1) is 15.3. The maximum Gasteiger partial charge on any atom is 0.307 e. The van der Waals surface area contributed by atoms with Gasteiger partial charge >= 0.3 is 5.97 Å². The van der Waals surface area contributed by atoms with Gasteiger partial charge in [-0.15, -0.1) is 0 Å². The lowest BCUT2D eigenvalue weighted by atomic mass is 9.82. The molecule has 1 aromatic rings. The van der Waals surface area contributed by atoms with Crippen LogP contribution in [0.2, 0.25) is 0 Å². The van der Waals surface area contributed by atoms with Gasteiger partial charge in [-0.1, -0.05) is 44.2 Å². The van der Waals surface area contributed by atoms with Crippen LogP contribution in [-0.2, 0) is 9.59 Å². The summed E-state index contributed by atoms with van der Waals surface area (Å²) >= 11 is 0. The van der Waals surface area contributed by atoms with Crippen molar-refractivity contribution in [3.8, 4) is 0 Å². The van der Waals surface area contributed by atoms with Gasteiger partial charge in [0.1, 0.15) is 0 Å². The molecule has 0 aromatic heterocycles. The monoisotopic (exact) mass is 287 g/mol. The van der Waals surface area contributed by atoms with E-state index in [4.69, 9.17) is 0 Å². The van der Waals surface area contributed by atoms with Crippen LogP contribution in [-0.4, -0.2) is 17.0 Å². The minimum atomic E-state index is -0.906. The van der Waals surface area contributed by atoms with Gasteiger partial charge in [0.2, 0.25) is 5.91 Å². The number of hydrogen-bond donors (Lipinski definition) is 2. The van der Waals surface area contributed by atoms with Gasteiger partial charge in [-0.05, 0) is 30.4 Å². The highest BCUT2D eigenvalue weighted by Gasteiger charge is 2.34. The second-order valence-electron chi connectivity index (χ2n) is 5.73. The molecule has 2 atom stereocenters. The van der Waals surface area contributed by atoms with E-state index in [0.717, 1.165) is 11.3 Å². The lowest BCUT2D eigenvalue weighted by Crippen LogP contribution is -2.35. The maximum atomic E-state index is 12.4. The van der Waals surface area contributed by atoms with E-state index >= 15 is 0 Å². The Morgan fingerprint density at radius 3 is 2.38 bits per heavy atom. The first-order chi connectivity index (χ1) is 10.0. The van der Waals surface area contributed by atoms with Crippen LogP contribution in [0.15, 0.2) is 36.4 Å². The fourth-order valence-electron chi connectivity index (χ4n) is 2.72. The number of anilines is 1. The molecule has 4 nitrogen and oxygen atoms in total. The second-order valence-corrected chi connectivity index (χ2v) is 5.73. The first-order valence-electron chi connectivity index (χ1n) is 7.28. The molecule has 0 unspecified atom stereocenters. The normalized spacial score (nSPS) is 21.3. The van der Waals surface area contributed by atoms with E-state index in [-0.39, 0.29) is 5.91 Å². The predicted molar refractivity (Wildman–Crippen MR) is 82.2 cm³/mol. The number of allylic oxidation sites excluding steroid dienone is 2. The highest BCUT2D eigenvalue weighted by molar-refractivity contribution is 5.96. The molecule has 2 rings (SSSR count). The fraction of sp³-hybridized carbons (Fsp3) is 0.412. The number of carbonyl (C=O) groups excluding carboxylic acids is 1. The molecule has 0 bridgehead atoms. The van der Waals surface area contributed by atoms with Gasteiger partial charge in [0.25, 0.3) is 0 Å². The molecule has 0 spiro atoms. The SMILES string of the molecule is CC(C)c1ccccc1NC(=O)[C@@H]1CC=CC[C@H]1C(=O)O. The lowest BCUT2D eigenvalue weighted by molar-refractivity contribution is -0.146. The lowest BCUT2D eigenvalue weighted by Gasteiger charge is -2.25. The van der Waals surface area contributed by atoms with Crippen molar-refractivity contribution in [1.82, 2.24) is 0 Å². The Morgan fingerprint density at radius 2 is 1.76 bits per heavy atom. The molecule has 0 fully saturated rings. The van der Waals surface area contributed by atoms with Gasteiger partial charge in [0.15, 0.2) is 0 Å². The highest BCUT2D eigenvalue weighted by atomic mass is 16.4. The predicted octanol–water partition coefficient (Wildman–Crippen LogP) is 3.42. The zero-order valence-electron chi connectivity index (χ0n) is 12.4. The minimum Gasteiger partial charge on any atom is -0.481 e. The van der Waals surface area contributed by atoms with Crippen LogP contribution in [0.25, 0.3) is 0 Å². The molecule has 0 saturated heterocycles. The van der Waals surface area contributed by atoms with Crippen molar-refractivity contribution in [2.24, 2.45) is 11.8 Å². The quantitative estimate of drug-likeness (QED) is 0.834. The Balaban J connectivity index is 2.18. The van der Waals surface area contributed by atoms with Gasteiger partial charge in [-0.25, -0.2) is 0 Å². The molecule has 1 amide bonds. The van der Waals surface area contributed by atoms with Crippen LogP contribution < -0.4 is 5.32 Å². The summed E-state index contributed by atoms with van der Waals surface area (Å²) in [6, 6.07) is 7.66. The fourth-order valence-corrected chi connectivity index (χ4v) is 2.72. The van der Waals surface area contributed by atoms with E-state index in [0.29, 0.717) is 18.8 Å². The van der Waals surface area contributed by atoms with Crippen LogP contribution >= 0.6 is 0 Å². The van der Waals surface area contributed by atoms with E-state index < -0.39 is 17.8 Å². The number of nitrogens with one attached hydrogen (secondary N) is 1. The Hall–Kier alpha value is -2.10. The number of carboxylic acids is 1. The maximum absolute atomic E-state index is 12.4. The molecule has 0 aliphatic heterocycles. The van der Waals surface area contributed by atoms with Crippen LogP contribution in [0, 0.1) is 11.8 Å². The Labute approximate surface area is 124 Å². The molecular weight excluding hydrogens is 266 g/mol. The third-order valence-corrected chi connectivity index (χ3v) is 3.93. The number of aliphatic carboxylic acids is 1. The van der Waals surface area contributed by atoms with Crippen molar-refractivity contribution in [1.29, 1.82) is 0 Å². The largest absolute Gasteiger partial charge is 0.481 e. The third kappa shape index (κ3) is 3.51. The zero-order valence-corrected chi connectivity index (χ0v) is 12.4. The third-order valence-electron chi connectivity index (χ3n) is 3.93. The van der Waals surface area contributed by atoms with Crippen LogP contribution in [0.3, 0.4) is 0 Å². The number of para-hydroxylation sites is 1. The van der Waals surface area contributed by atoms with Gasteiger partial charge < -0.3 is 10.4 Å². The van der Waals surface area contributed by atoms with E-state index in [2.05, 4.69) is 19.2 Å². The average molecular weight is 287 g/mol. The van der Waals surface area contributed by atoms with Crippen LogP contribution in [0.4, 0.5) is 5.69 Å². The van der Waals surface area contributed by atoms with Gasteiger partial charge in [-0.2, -0.15) is 0 Å². The van der Waals surface area contributed by atoms with E-state index in [1.54, 1.807) is 0 Å². The van der Waals surface area contributed by atoms with Crippen LogP contribution in [0.1, 0.15) is 38.2 Å². The number of hydrogen-bond acceptors (Lipinski definition) is 2. The number of carboxylic acid groups (broad SMARTS) is 1. The van der Waals surface area contributed by atoms with E-state index in [1.807, 2.05) is 36.4 Å². The Morgan fingerprint density at radius 1 is 1.14 bits per heavy atom. The highest BCUT2D eigenvalue weighted by Crippen LogP contribution is 2.29. The average Bonchev–Trinajstić information content (AvgIpc) is 2.47. The molecule has 2 N–H and O–H groups in total. The van der Waals surface area contributed by atoms with Crippen molar-refractivity contribution in [3.05, 3.63) is 42.0 Å². The summed E-state index contributed by atoms with van der Waals surface area (Å²) in [5.41, 5.74) is 1.83. The molecule has 1 aromatic carbocycles. The standard InChI is InChI=1S/C17H21NO3/c1-11(2)12-7-5-6-10-15(12)18-16(19)13-8-3-4-9-14(13)17(20)21/h3-7,10-11,13-14H,8-9H2,1-2H3,(H,18,19)(H,20,21)/t13-,14-/m1/s1. The number of amides is 1. The van der Waals surface area contributed by atoms with Gasteiger partial charge in [0, 0.05) is 5.69 Å². The Bertz CT molecular complexity index is 563. The van der Waals surface area contributed by atoms with Crippen molar-refractivity contribution < 1.29 is 14.7 Å². The smallest absolute Gasteiger partial charge is 0.307 e. The molecule has 1 aliphatic carbocycles. The number of carbonyl (C=O) groups is 2. The molecule has 1 aliphatic rings. The number of rotatable bonds is 4. The summed E-state index contributed by atoms with van der Waals surface area (Å²) in [5.74, 6) is -1.96. The zero-order chi connectivity index (χ0) is 15.4. The summed E-state index contributed by atoms with van der Waals surface area (Å²) in [4.78, 5) is 23.7. The van der Waals surface area contributed by atoms with Crippen molar-refractivity contribution in [2.75, 3.05) is 5.32 Å². The molecule has 4 heteroatoms.